The van der Waals surface area contributed by atoms with Crippen LogP contribution in [0.2, 0.25) is 10.0 Å². The van der Waals surface area contributed by atoms with Crippen molar-refractivity contribution in [2.75, 3.05) is 13.1 Å². The van der Waals surface area contributed by atoms with Crippen molar-refractivity contribution in [1.82, 2.24) is 4.90 Å². The van der Waals surface area contributed by atoms with Crippen LogP contribution < -0.4 is 0 Å². The Bertz CT molecular complexity index is 949. The third-order valence-electron chi connectivity index (χ3n) is 5.30. The molecule has 0 saturated carbocycles. The molecular formula is C24H23Cl2NOS. The molecule has 1 N–H and O–H groups in total. The first kappa shape index (κ1) is 20.6. The van der Waals surface area contributed by atoms with Gasteiger partial charge in [0, 0.05) is 23.1 Å². The van der Waals surface area contributed by atoms with Crippen molar-refractivity contribution < 1.29 is 5.11 Å². The summed E-state index contributed by atoms with van der Waals surface area (Å²) in [4.78, 5) is 2.42. The number of nitrogens with zero attached hydrogens (tertiary/aromatic N) is 1. The Morgan fingerprint density at radius 2 is 1.45 bits per heavy atom. The fourth-order valence-electron chi connectivity index (χ4n) is 4.09. The number of likely N-dealkylation sites (tertiary alicyclic amines) is 1. The lowest BCUT2D eigenvalue weighted by atomic mass is 9.83. The topological polar surface area (TPSA) is 23.5 Å². The quantitative estimate of drug-likeness (QED) is 0.474. The molecule has 5 heteroatoms. The van der Waals surface area contributed by atoms with E-state index in [1.165, 1.54) is 16.7 Å². The molecule has 29 heavy (non-hydrogen) atoms. The van der Waals surface area contributed by atoms with Crippen LogP contribution in [-0.4, -0.2) is 28.7 Å². The van der Waals surface area contributed by atoms with Crippen LogP contribution in [-0.2, 0) is 0 Å². The van der Waals surface area contributed by atoms with Gasteiger partial charge in [0.15, 0.2) is 0 Å². The first-order valence-corrected chi connectivity index (χ1v) is 11.3. The fraction of sp³-hybridized carbons (Fsp3) is 0.250. The molecule has 2 nitrogen and oxygen atoms in total. The van der Waals surface area contributed by atoms with Gasteiger partial charge in [-0.05, 0) is 82.8 Å². The highest BCUT2D eigenvalue weighted by Crippen LogP contribution is 2.40. The van der Waals surface area contributed by atoms with Crippen molar-refractivity contribution in [1.29, 1.82) is 0 Å². The summed E-state index contributed by atoms with van der Waals surface area (Å²) in [7, 11) is 0. The van der Waals surface area contributed by atoms with Crippen molar-refractivity contribution in [2.24, 2.45) is 0 Å². The highest BCUT2D eigenvalue weighted by atomic mass is 35.5. The maximum Gasteiger partial charge on any atom is 0.0847 e. The Morgan fingerprint density at radius 3 is 1.86 bits per heavy atom. The maximum atomic E-state index is 10.8. The molecule has 1 aliphatic heterocycles. The molecule has 0 aliphatic carbocycles. The lowest BCUT2D eigenvalue weighted by Gasteiger charge is -2.43. The zero-order valence-corrected chi connectivity index (χ0v) is 18.7. The van der Waals surface area contributed by atoms with E-state index < -0.39 is 5.60 Å². The van der Waals surface area contributed by atoms with E-state index in [0.29, 0.717) is 0 Å². The van der Waals surface area contributed by atoms with Crippen LogP contribution in [0.5, 0.6) is 0 Å². The summed E-state index contributed by atoms with van der Waals surface area (Å²) in [5.74, 6) is 0. The van der Waals surface area contributed by atoms with Crippen LogP contribution in [0.1, 0.15) is 36.6 Å². The monoisotopic (exact) mass is 443 g/mol. The zero-order chi connectivity index (χ0) is 20.6. The molecule has 4 rings (SSSR count). The zero-order valence-electron chi connectivity index (χ0n) is 16.4. The molecule has 3 aromatic rings. The smallest absolute Gasteiger partial charge is 0.0847 e. The van der Waals surface area contributed by atoms with Gasteiger partial charge in [0.05, 0.1) is 11.6 Å². The highest BCUT2D eigenvalue weighted by molar-refractivity contribution is 7.08. The van der Waals surface area contributed by atoms with Gasteiger partial charge < -0.3 is 5.11 Å². The first-order chi connectivity index (χ1) is 13.8. The SMILES string of the molecule is CC(C)(O)C(=C1CN(C(c2ccc(Cl)cc2)c2ccc(Cl)cc2)C1)c1ccsc1. The van der Waals surface area contributed by atoms with E-state index in [1.54, 1.807) is 11.3 Å². The van der Waals surface area contributed by atoms with E-state index >= 15 is 0 Å². The number of aliphatic hydroxyl groups is 1. The fourth-order valence-corrected chi connectivity index (χ4v) is 4.98. The standard InChI is InChI=1S/C24H23Cl2NOS/c1-24(2,28)22(18-11-12-29-15-18)19-13-27(14-19)23(16-3-7-20(25)8-4-16)17-5-9-21(26)10-6-17/h3-12,15,23,28H,13-14H2,1-2H3. The molecule has 2 heterocycles. The van der Waals surface area contributed by atoms with Crippen LogP contribution in [0.3, 0.4) is 0 Å². The van der Waals surface area contributed by atoms with Gasteiger partial charge in [0.25, 0.3) is 0 Å². The molecule has 150 valence electrons. The van der Waals surface area contributed by atoms with Gasteiger partial charge in [-0.3, -0.25) is 4.90 Å². The summed E-state index contributed by atoms with van der Waals surface area (Å²) in [6.07, 6.45) is 0. The summed E-state index contributed by atoms with van der Waals surface area (Å²) >= 11 is 13.9. The molecule has 1 aromatic heterocycles. The average molecular weight is 444 g/mol. The van der Waals surface area contributed by atoms with Gasteiger partial charge in [-0.15, -0.1) is 0 Å². The molecule has 0 bridgehead atoms. The number of halogens is 2. The Hall–Kier alpha value is -1.62. The third-order valence-corrected chi connectivity index (χ3v) is 6.49. The largest absolute Gasteiger partial charge is 0.386 e. The molecule has 1 aliphatic rings. The maximum absolute atomic E-state index is 10.8. The number of hydrogen-bond acceptors (Lipinski definition) is 3. The summed E-state index contributed by atoms with van der Waals surface area (Å²) in [5, 5.41) is 16.4. The van der Waals surface area contributed by atoms with Gasteiger partial charge in [0.2, 0.25) is 0 Å². The van der Waals surface area contributed by atoms with Gasteiger partial charge in [-0.2, -0.15) is 11.3 Å². The number of thiophene rings is 1. The van der Waals surface area contributed by atoms with Crippen LogP contribution in [0.15, 0.2) is 70.9 Å². The number of rotatable bonds is 5. The van der Waals surface area contributed by atoms with E-state index in [1.807, 2.05) is 38.1 Å². The van der Waals surface area contributed by atoms with Crippen LogP contribution in [0, 0.1) is 0 Å². The minimum Gasteiger partial charge on any atom is -0.386 e. The Morgan fingerprint density at radius 1 is 0.931 bits per heavy atom. The van der Waals surface area contributed by atoms with E-state index in [9.17, 15) is 5.11 Å². The molecular weight excluding hydrogens is 421 g/mol. The Balaban J connectivity index is 1.69. The van der Waals surface area contributed by atoms with Gasteiger partial charge >= 0.3 is 0 Å². The lowest BCUT2D eigenvalue weighted by Crippen LogP contribution is -2.45. The van der Waals surface area contributed by atoms with Gasteiger partial charge in [0.1, 0.15) is 0 Å². The van der Waals surface area contributed by atoms with Gasteiger partial charge in [-0.25, -0.2) is 0 Å². The van der Waals surface area contributed by atoms with Crippen LogP contribution in [0.4, 0.5) is 0 Å². The normalized spacial score (nSPS) is 14.9. The predicted molar refractivity (Wildman–Crippen MR) is 124 cm³/mol. The molecule has 1 fully saturated rings. The van der Waals surface area contributed by atoms with Crippen LogP contribution in [0.25, 0.3) is 5.57 Å². The van der Waals surface area contributed by atoms with Crippen molar-refractivity contribution in [3.05, 3.63) is 97.7 Å². The second kappa shape index (κ2) is 8.25. The van der Waals surface area contributed by atoms with Crippen LogP contribution >= 0.6 is 34.5 Å². The lowest BCUT2D eigenvalue weighted by molar-refractivity contribution is 0.137. The average Bonchev–Trinajstić information content (AvgIpc) is 3.15. The molecule has 0 amide bonds. The summed E-state index contributed by atoms with van der Waals surface area (Å²) in [6.45, 7) is 5.35. The second-order valence-corrected chi connectivity index (χ2v) is 9.61. The van der Waals surface area contributed by atoms with E-state index in [2.05, 4.69) is 46.0 Å². The highest BCUT2D eigenvalue weighted by Gasteiger charge is 2.35. The minimum absolute atomic E-state index is 0.110. The molecule has 0 unspecified atom stereocenters. The predicted octanol–water partition coefficient (Wildman–Crippen LogP) is 6.68. The minimum atomic E-state index is -0.876. The molecule has 1 saturated heterocycles. The molecule has 0 atom stereocenters. The summed E-state index contributed by atoms with van der Waals surface area (Å²) < 4.78 is 0. The van der Waals surface area contributed by atoms with Crippen molar-refractivity contribution in [3.8, 4) is 0 Å². The van der Waals surface area contributed by atoms with E-state index in [0.717, 1.165) is 34.3 Å². The van der Waals surface area contributed by atoms with Crippen molar-refractivity contribution in [2.45, 2.75) is 25.5 Å². The molecule has 0 spiro atoms. The van der Waals surface area contributed by atoms with Gasteiger partial charge in [-0.1, -0.05) is 47.5 Å². The Labute approximate surface area is 186 Å². The second-order valence-electron chi connectivity index (χ2n) is 7.96. The number of hydrogen-bond donors (Lipinski definition) is 1. The Kier molecular flexibility index (Phi) is 5.87. The van der Waals surface area contributed by atoms with Crippen molar-refractivity contribution in [3.63, 3.8) is 0 Å². The summed E-state index contributed by atoms with van der Waals surface area (Å²) in [6, 6.07) is 18.3. The van der Waals surface area contributed by atoms with Crippen molar-refractivity contribution >= 4 is 40.1 Å². The first-order valence-electron chi connectivity index (χ1n) is 9.55. The summed E-state index contributed by atoms with van der Waals surface area (Å²) in [5.41, 5.74) is 4.95. The molecule has 2 aromatic carbocycles. The third kappa shape index (κ3) is 4.45. The van der Waals surface area contributed by atoms with E-state index in [-0.39, 0.29) is 6.04 Å². The number of benzene rings is 2. The molecule has 0 radical (unpaired) electrons. The van der Waals surface area contributed by atoms with E-state index in [4.69, 9.17) is 23.2 Å².